The number of fused-ring (bicyclic) bond motifs is 1. The number of benzene rings is 3. The molecule has 3 aromatic rings. The van der Waals surface area contributed by atoms with E-state index in [0.717, 1.165) is 42.4 Å². The number of nitro benzene ring substituents is 1. The summed E-state index contributed by atoms with van der Waals surface area (Å²) in [7, 11) is 1.59. The van der Waals surface area contributed by atoms with Gasteiger partial charge in [0.05, 0.1) is 17.6 Å². The summed E-state index contributed by atoms with van der Waals surface area (Å²) < 4.78 is 5.54. The van der Waals surface area contributed by atoms with Gasteiger partial charge in [0, 0.05) is 51.0 Å². The van der Waals surface area contributed by atoms with E-state index < -0.39 is 0 Å². The summed E-state index contributed by atoms with van der Waals surface area (Å²) in [5.74, 6) is 0.544. The van der Waals surface area contributed by atoms with Crippen molar-refractivity contribution >= 4 is 33.7 Å². The van der Waals surface area contributed by atoms with Crippen LogP contribution in [0, 0.1) is 10.1 Å². The van der Waals surface area contributed by atoms with Crippen molar-refractivity contribution < 1.29 is 14.5 Å². The molecule has 0 aliphatic carbocycles. The molecule has 2 heterocycles. The van der Waals surface area contributed by atoms with E-state index >= 15 is 0 Å². The van der Waals surface area contributed by atoms with Crippen LogP contribution in [0.2, 0.25) is 0 Å². The molecule has 2 fully saturated rings. The fourth-order valence-electron chi connectivity index (χ4n) is 5.14. The zero-order valence-corrected chi connectivity index (χ0v) is 20.0. The molecule has 0 N–H and O–H groups in total. The maximum absolute atomic E-state index is 13.4. The number of hydrogen-bond donors (Lipinski definition) is 0. The average molecular weight is 475 g/mol. The number of anilines is 2. The third-order valence-electron chi connectivity index (χ3n) is 7.08. The van der Waals surface area contributed by atoms with Gasteiger partial charge in [-0.25, -0.2) is 0 Å². The first-order valence-corrected chi connectivity index (χ1v) is 12.2. The number of carbonyl (C=O) groups is 1. The summed E-state index contributed by atoms with van der Waals surface area (Å²) >= 11 is 0. The number of nitrogens with zero attached hydrogens (tertiary/aromatic N) is 4. The Morgan fingerprint density at radius 3 is 2.20 bits per heavy atom. The summed E-state index contributed by atoms with van der Waals surface area (Å²) in [6.07, 6.45) is 3.28. The van der Waals surface area contributed by atoms with Gasteiger partial charge in [-0.2, -0.15) is 0 Å². The van der Waals surface area contributed by atoms with Crippen LogP contribution in [0.15, 0.2) is 54.6 Å². The second kappa shape index (κ2) is 9.82. The fourth-order valence-corrected chi connectivity index (χ4v) is 5.14. The molecule has 3 aromatic carbocycles. The van der Waals surface area contributed by atoms with Crippen molar-refractivity contribution in [1.29, 1.82) is 0 Å². The van der Waals surface area contributed by atoms with E-state index in [4.69, 9.17) is 4.74 Å². The van der Waals surface area contributed by atoms with E-state index in [2.05, 4.69) is 9.80 Å². The Labute approximate surface area is 204 Å². The highest BCUT2D eigenvalue weighted by Crippen LogP contribution is 2.35. The molecular weight excluding hydrogens is 444 g/mol. The molecule has 0 aromatic heterocycles. The molecule has 2 aliphatic heterocycles. The predicted octanol–water partition coefficient (Wildman–Crippen LogP) is 4.71. The van der Waals surface area contributed by atoms with Gasteiger partial charge in [0.1, 0.15) is 11.4 Å². The number of hydrogen-bond acceptors (Lipinski definition) is 6. The van der Waals surface area contributed by atoms with E-state index in [1.54, 1.807) is 13.2 Å². The number of piperidine rings is 1. The standard InChI is InChI=1S/C27H30N4O4/c1-35-26-18-21-8-4-3-7-20(21)17-23(26)27(32)30-15-13-28(14-16-30)22-9-10-24(31(33)34)25(19-22)29-11-5-2-6-12-29/h3-4,7-10,17-19H,2,5-6,11-16H2,1H3. The number of nitro groups is 1. The molecule has 0 bridgehead atoms. The van der Waals surface area contributed by atoms with Gasteiger partial charge in [0.15, 0.2) is 0 Å². The van der Waals surface area contributed by atoms with E-state index in [0.29, 0.717) is 43.2 Å². The number of ether oxygens (including phenoxy) is 1. The van der Waals surface area contributed by atoms with Crippen molar-refractivity contribution in [3.05, 3.63) is 70.3 Å². The van der Waals surface area contributed by atoms with Crippen LogP contribution in [0.1, 0.15) is 29.6 Å². The monoisotopic (exact) mass is 474 g/mol. The number of amides is 1. The fraction of sp³-hybridized carbons (Fsp3) is 0.370. The predicted molar refractivity (Wildman–Crippen MR) is 138 cm³/mol. The Hall–Kier alpha value is -3.81. The van der Waals surface area contributed by atoms with Gasteiger partial charge in [-0.1, -0.05) is 24.3 Å². The molecule has 0 spiro atoms. The summed E-state index contributed by atoms with van der Waals surface area (Å²) in [6, 6.07) is 17.2. The summed E-state index contributed by atoms with van der Waals surface area (Å²) in [6.45, 7) is 4.17. The molecule has 0 atom stereocenters. The second-order valence-corrected chi connectivity index (χ2v) is 9.16. The van der Waals surface area contributed by atoms with E-state index in [-0.39, 0.29) is 16.5 Å². The Kier molecular flexibility index (Phi) is 6.44. The molecule has 0 saturated carbocycles. The Morgan fingerprint density at radius 2 is 1.54 bits per heavy atom. The highest BCUT2D eigenvalue weighted by atomic mass is 16.6. The molecule has 0 unspecified atom stereocenters. The number of rotatable bonds is 5. The lowest BCUT2D eigenvalue weighted by atomic mass is 10.0. The molecule has 8 heteroatoms. The smallest absolute Gasteiger partial charge is 0.292 e. The number of carbonyl (C=O) groups excluding carboxylic acids is 1. The first-order valence-electron chi connectivity index (χ1n) is 12.2. The van der Waals surface area contributed by atoms with Crippen LogP contribution in [0.5, 0.6) is 5.75 Å². The maximum atomic E-state index is 13.4. The molecule has 8 nitrogen and oxygen atoms in total. The Balaban J connectivity index is 1.33. The van der Waals surface area contributed by atoms with Crippen LogP contribution in [-0.4, -0.2) is 62.1 Å². The van der Waals surface area contributed by atoms with Gasteiger partial charge >= 0.3 is 0 Å². The quantitative estimate of drug-likeness (QED) is 0.394. The molecule has 2 saturated heterocycles. The molecular formula is C27H30N4O4. The third-order valence-corrected chi connectivity index (χ3v) is 7.08. The van der Waals surface area contributed by atoms with Crippen molar-refractivity contribution in [2.75, 3.05) is 56.2 Å². The normalized spacial score (nSPS) is 16.4. The largest absolute Gasteiger partial charge is 0.496 e. The molecule has 1 amide bonds. The highest BCUT2D eigenvalue weighted by molar-refractivity contribution is 6.01. The van der Waals surface area contributed by atoms with Crippen molar-refractivity contribution in [2.45, 2.75) is 19.3 Å². The lowest BCUT2D eigenvalue weighted by Crippen LogP contribution is -2.48. The van der Waals surface area contributed by atoms with Gasteiger partial charge in [0.25, 0.3) is 11.6 Å². The van der Waals surface area contributed by atoms with Crippen LogP contribution in [-0.2, 0) is 0 Å². The van der Waals surface area contributed by atoms with E-state index in [1.165, 1.54) is 6.42 Å². The lowest BCUT2D eigenvalue weighted by Gasteiger charge is -2.37. The van der Waals surface area contributed by atoms with Crippen LogP contribution >= 0.6 is 0 Å². The topological polar surface area (TPSA) is 79.2 Å². The lowest BCUT2D eigenvalue weighted by molar-refractivity contribution is -0.384. The van der Waals surface area contributed by atoms with Gasteiger partial charge in [-0.05, 0) is 54.3 Å². The molecule has 182 valence electrons. The molecule has 5 rings (SSSR count). The zero-order valence-electron chi connectivity index (χ0n) is 20.0. The van der Waals surface area contributed by atoms with E-state index in [1.807, 2.05) is 53.4 Å². The number of piperazine rings is 1. The average Bonchev–Trinajstić information content (AvgIpc) is 2.92. The third kappa shape index (κ3) is 4.60. The maximum Gasteiger partial charge on any atom is 0.292 e. The van der Waals surface area contributed by atoms with Crippen molar-refractivity contribution in [3.63, 3.8) is 0 Å². The number of methoxy groups -OCH3 is 1. The Bertz CT molecular complexity index is 1250. The van der Waals surface area contributed by atoms with Crippen LogP contribution in [0.4, 0.5) is 17.1 Å². The highest BCUT2D eigenvalue weighted by Gasteiger charge is 2.27. The molecule has 35 heavy (non-hydrogen) atoms. The van der Waals surface area contributed by atoms with E-state index in [9.17, 15) is 14.9 Å². The van der Waals surface area contributed by atoms with Gasteiger partial charge in [-0.3, -0.25) is 14.9 Å². The van der Waals surface area contributed by atoms with Gasteiger partial charge in [0.2, 0.25) is 0 Å². The first-order chi connectivity index (χ1) is 17.0. The minimum Gasteiger partial charge on any atom is -0.496 e. The van der Waals surface area contributed by atoms with Crippen molar-refractivity contribution in [2.24, 2.45) is 0 Å². The van der Waals surface area contributed by atoms with Gasteiger partial charge < -0.3 is 19.4 Å². The van der Waals surface area contributed by atoms with Crippen LogP contribution in [0.3, 0.4) is 0 Å². The second-order valence-electron chi connectivity index (χ2n) is 9.16. The minimum absolute atomic E-state index is 0.0371. The SMILES string of the molecule is COc1cc2ccccc2cc1C(=O)N1CCN(c2ccc([N+](=O)[O-])c(N3CCCCC3)c2)CC1. The molecule has 2 aliphatic rings. The van der Waals surface area contributed by atoms with Crippen molar-refractivity contribution in [3.8, 4) is 5.75 Å². The Morgan fingerprint density at radius 1 is 0.857 bits per heavy atom. The first kappa shape index (κ1) is 23.0. The van der Waals surface area contributed by atoms with Crippen LogP contribution < -0.4 is 14.5 Å². The minimum atomic E-state index is -0.290. The summed E-state index contributed by atoms with van der Waals surface area (Å²) in [5, 5.41) is 13.7. The molecule has 0 radical (unpaired) electrons. The summed E-state index contributed by atoms with van der Waals surface area (Å²) in [4.78, 5) is 31.0. The van der Waals surface area contributed by atoms with Crippen LogP contribution in [0.25, 0.3) is 10.8 Å². The summed E-state index contributed by atoms with van der Waals surface area (Å²) in [5.41, 5.74) is 2.40. The van der Waals surface area contributed by atoms with Crippen molar-refractivity contribution in [1.82, 2.24) is 4.90 Å². The zero-order chi connectivity index (χ0) is 24.4. The van der Waals surface area contributed by atoms with Gasteiger partial charge in [-0.15, -0.1) is 0 Å².